The Morgan fingerprint density at radius 2 is 1.48 bits per heavy atom. The van der Waals surface area contributed by atoms with Crippen molar-refractivity contribution in [1.82, 2.24) is 0 Å². The van der Waals surface area contributed by atoms with Crippen LogP contribution >= 0.6 is 0 Å². The molecule has 0 saturated heterocycles. The largest absolute Gasteiger partial charge is 0.496 e. The lowest BCUT2D eigenvalue weighted by Crippen LogP contribution is -2.06. The molecule has 0 unspecified atom stereocenters. The fraction of sp³-hybridized carbons (Fsp3) is 0.467. The van der Waals surface area contributed by atoms with Crippen LogP contribution in [0.5, 0.6) is 17.2 Å². The summed E-state index contributed by atoms with van der Waals surface area (Å²) >= 11 is 0. The number of carboxylic acid groups (broad SMARTS) is 1. The second-order valence-corrected chi connectivity index (χ2v) is 4.43. The monoisotopic (exact) mass is 296 g/mol. The third kappa shape index (κ3) is 4.66. The first-order valence-electron chi connectivity index (χ1n) is 6.58. The van der Waals surface area contributed by atoms with Crippen LogP contribution in [-0.4, -0.2) is 38.2 Å². The summed E-state index contributed by atoms with van der Waals surface area (Å²) in [6.45, 7) is 0. The van der Waals surface area contributed by atoms with Gasteiger partial charge in [-0.1, -0.05) is 0 Å². The Balaban J connectivity index is 2.89. The van der Waals surface area contributed by atoms with Crippen molar-refractivity contribution in [2.24, 2.45) is 0 Å². The van der Waals surface area contributed by atoms with Gasteiger partial charge in [-0.3, -0.25) is 9.59 Å². The molecule has 21 heavy (non-hydrogen) atoms. The first-order valence-corrected chi connectivity index (χ1v) is 6.58. The number of hydrogen-bond donors (Lipinski definition) is 1. The Morgan fingerprint density at radius 3 is 1.90 bits per heavy atom. The van der Waals surface area contributed by atoms with Crippen LogP contribution in [0.4, 0.5) is 0 Å². The Bertz CT molecular complexity index is 484. The van der Waals surface area contributed by atoms with E-state index in [1.54, 1.807) is 12.1 Å². The number of ketones is 1. The van der Waals surface area contributed by atoms with Crippen LogP contribution < -0.4 is 14.2 Å². The zero-order valence-electron chi connectivity index (χ0n) is 12.5. The Kier molecular flexibility index (Phi) is 6.52. The van der Waals surface area contributed by atoms with Gasteiger partial charge in [-0.2, -0.15) is 0 Å². The molecule has 6 heteroatoms. The van der Waals surface area contributed by atoms with Gasteiger partial charge in [0.05, 0.1) is 21.3 Å². The predicted molar refractivity (Wildman–Crippen MR) is 76.5 cm³/mol. The van der Waals surface area contributed by atoms with Gasteiger partial charge in [-0.25, -0.2) is 0 Å². The lowest BCUT2D eigenvalue weighted by Gasteiger charge is -2.14. The number of aliphatic carboxylic acids is 1. The van der Waals surface area contributed by atoms with E-state index >= 15 is 0 Å². The van der Waals surface area contributed by atoms with Crippen molar-refractivity contribution in [3.63, 3.8) is 0 Å². The normalized spacial score (nSPS) is 10.0. The van der Waals surface area contributed by atoms with Gasteiger partial charge in [-0.05, 0) is 12.8 Å². The van der Waals surface area contributed by atoms with E-state index in [4.69, 9.17) is 19.3 Å². The number of carbonyl (C=O) groups excluding carboxylic acids is 1. The van der Waals surface area contributed by atoms with E-state index in [0.29, 0.717) is 35.7 Å². The van der Waals surface area contributed by atoms with Gasteiger partial charge < -0.3 is 19.3 Å². The molecule has 0 bridgehead atoms. The van der Waals surface area contributed by atoms with E-state index in [2.05, 4.69) is 0 Å². The third-order valence-electron chi connectivity index (χ3n) is 3.04. The molecule has 0 aromatic heterocycles. The van der Waals surface area contributed by atoms with Crippen LogP contribution in [0.15, 0.2) is 12.1 Å². The molecule has 0 saturated carbocycles. The highest BCUT2D eigenvalue weighted by Gasteiger charge is 2.19. The average Bonchev–Trinajstić information content (AvgIpc) is 2.49. The summed E-state index contributed by atoms with van der Waals surface area (Å²) in [5.41, 5.74) is 0.358. The Morgan fingerprint density at radius 1 is 0.952 bits per heavy atom. The fourth-order valence-corrected chi connectivity index (χ4v) is 1.97. The average molecular weight is 296 g/mol. The topological polar surface area (TPSA) is 82.1 Å². The summed E-state index contributed by atoms with van der Waals surface area (Å²) in [4.78, 5) is 22.7. The van der Waals surface area contributed by atoms with E-state index in [1.165, 1.54) is 21.3 Å². The van der Waals surface area contributed by atoms with Crippen molar-refractivity contribution >= 4 is 11.8 Å². The smallest absolute Gasteiger partial charge is 0.303 e. The lowest BCUT2D eigenvalue weighted by molar-refractivity contribution is -0.137. The second kappa shape index (κ2) is 8.14. The van der Waals surface area contributed by atoms with Crippen LogP contribution in [0.3, 0.4) is 0 Å². The molecule has 0 heterocycles. The molecule has 0 aliphatic heterocycles. The molecule has 0 spiro atoms. The zero-order chi connectivity index (χ0) is 15.8. The molecular weight excluding hydrogens is 276 g/mol. The van der Waals surface area contributed by atoms with E-state index < -0.39 is 5.97 Å². The summed E-state index contributed by atoms with van der Waals surface area (Å²) in [6, 6.07) is 3.24. The van der Waals surface area contributed by atoms with Gasteiger partial charge in [0, 0.05) is 25.0 Å². The number of rotatable bonds is 9. The molecule has 1 N–H and O–H groups in total. The Hall–Kier alpha value is -2.24. The van der Waals surface area contributed by atoms with E-state index in [1.807, 2.05) is 0 Å². The molecule has 0 amide bonds. The summed E-state index contributed by atoms with van der Waals surface area (Å²) in [6.07, 6.45) is 1.27. The van der Waals surface area contributed by atoms with Crippen LogP contribution in [0.2, 0.25) is 0 Å². The van der Waals surface area contributed by atoms with Gasteiger partial charge in [0.15, 0.2) is 5.78 Å². The van der Waals surface area contributed by atoms with E-state index in [9.17, 15) is 9.59 Å². The predicted octanol–water partition coefficient (Wildman–Crippen LogP) is 2.54. The van der Waals surface area contributed by atoms with Crippen molar-refractivity contribution in [1.29, 1.82) is 0 Å². The summed E-state index contributed by atoms with van der Waals surface area (Å²) in [7, 11) is 4.45. The molecule has 0 aliphatic rings. The fourth-order valence-electron chi connectivity index (χ4n) is 1.97. The quantitative estimate of drug-likeness (QED) is 0.557. The summed E-state index contributed by atoms with van der Waals surface area (Å²) in [5, 5.41) is 8.58. The minimum Gasteiger partial charge on any atom is -0.496 e. The third-order valence-corrected chi connectivity index (χ3v) is 3.04. The minimum atomic E-state index is -0.859. The number of methoxy groups -OCH3 is 3. The molecule has 1 aromatic carbocycles. The maximum atomic E-state index is 12.3. The van der Waals surface area contributed by atoms with Crippen molar-refractivity contribution in [2.45, 2.75) is 25.7 Å². The SMILES string of the molecule is COc1cc(OC)c(C(=O)CCCCC(=O)O)c(OC)c1. The van der Waals surface area contributed by atoms with Gasteiger partial charge in [-0.15, -0.1) is 0 Å². The van der Waals surface area contributed by atoms with E-state index in [0.717, 1.165) is 0 Å². The molecule has 0 fully saturated rings. The van der Waals surface area contributed by atoms with Gasteiger partial charge in [0.2, 0.25) is 0 Å². The highest BCUT2D eigenvalue weighted by molar-refractivity contribution is 6.01. The van der Waals surface area contributed by atoms with Gasteiger partial charge in [0.25, 0.3) is 0 Å². The number of carboxylic acids is 1. The summed E-state index contributed by atoms with van der Waals surface area (Å²) < 4.78 is 15.6. The lowest BCUT2D eigenvalue weighted by atomic mass is 10.0. The molecular formula is C15H20O6. The van der Waals surface area contributed by atoms with Crippen molar-refractivity contribution in [2.75, 3.05) is 21.3 Å². The van der Waals surface area contributed by atoms with Crippen molar-refractivity contribution in [3.8, 4) is 17.2 Å². The molecule has 0 aliphatic carbocycles. The maximum absolute atomic E-state index is 12.3. The molecule has 1 rings (SSSR count). The first-order chi connectivity index (χ1) is 10.0. The highest BCUT2D eigenvalue weighted by atomic mass is 16.5. The number of hydrogen-bond acceptors (Lipinski definition) is 5. The molecule has 0 radical (unpaired) electrons. The molecule has 6 nitrogen and oxygen atoms in total. The number of benzene rings is 1. The van der Waals surface area contributed by atoms with Crippen LogP contribution in [-0.2, 0) is 4.79 Å². The standard InChI is InChI=1S/C15H20O6/c1-19-10-8-12(20-2)15(13(9-10)21-3)11(16)6-4-5-7-14(17)18/h8-9H,4-7H2,1-3H3,(H,17,18). The Labute approximate surface area is 123 Å². The minimum absolute atomic E-state index is 0.0597. The highest BCUT2D eigenvalue weighted by Crippen LogP contribution is 2.35. The molecule has 0 atom stereocenters. The number of ether oxygens (including phenoxy) is 3. The van der Waals surface area contributed by atoms with Crippen LogP contribution in [0.1, 0.15) is 36.0 Å². The number of carbonyl (C=O) groups is 2. The zero-order valence-corrected chi connectivity index (χ0v) is 12.5. The molecule has 1 aromatic rings. The second-order valence-electron chi connectivity index (χ2n) is 4.43. The van der Waals surface area contributed by atoms with Gasteiger partial charge in [0.1, 0.15) is 22.8 Å². The van der Waals surface area contributed by atoms with Crippen LogP contribution in [0, 0.1) is 0 Å². The van der Waals surface area contributed by atoms with Gasteiger partial charge >= 0.3 is 5.97 Å². The number of unbranched alkanes of at least 4 members (excludes halogenated alkanes) is 1. The van der Waals surface area contributed by atoms with Crippen molar-refractivity contribution < 1.29 is 28.9 Å². The number of Topliss-reactive ketones (excluding diaryl/α,β-unsaturated/α-hetero) is 1. The molecule has 116 valence electrons. The van der Waals surface area contributed by atoms with Crippen LogP contribution in [0.25, 0.3) is 0 Å². The maximum Gasteiger partial charge on any atom is 0.303 e. The first kappa shape index (κ1) is 16.8. The van der Waals surface area contributed by atoms with Crippen molar-refractivity contribution in [3.05, 3.63) is 17.7 Å². The summed E-state index contributed by atoms with van der Waals surface area (Å²) in [5.74, 6) is 0.300. The van der Waals surface area contributed by atoms with E-state index in [-0.39, 0.29) is 18.6 Å².